The number of hydrogen-bond acceptors (Lipinski definition) is 2. The van der Waals surface area contributed by atoms with Gasteiger partial charge in [-0.15, -0.1) is 0 Å². The van der Waals surface area contributed by atoms with Crippen LogP contribution in [0.15, 0.2) is 24.3 Å². The molecule has 0 aliphatic heterocycles. The van der Waals surface area contributed by atoms with Crippen LogP contribution >= 0.6 is 0 Å². The van der Waals surface area contributed by atoms with Gasteiger partial charge in [0.1, 0.15) is 0 Å². The summed E-state index contributed by atoms with van der Waals surface area (Å²) < 4.78 is 6.17. The molecule has 1 saturated carbocycles. The molecule has 2 nitrogen and oxygen atoms in total. The predicted molar refractivity (Wildman–Crippen MR) is 89.5 cm³/mol. The summed E-state index contributed by atoms with van der Waals surface area (Å²) in [6.45, 7) is 7.52. The zero-order valence-corrected chi connectivity index (χ0v) is 13.7. The van der Waals surface area contributed by atoms with Crippen LogP contribution in [-0.4, -0.2) is 19.2 Å². The van der Waals surface area contributed by atoms with Gasteiger partial charge in [-0.2, -0.15) is 0 Å². The molecule has 0 atom stereocenters. The highest BCUT2D eigenvalue weighted by Gasteiger charge is 2.18. The van der Waals surface area contributed by atoms with Crippen LogP contribution in [0.25, 0.3) is 0 Å². The summed E-state index contributed by atoms with van der Waals surface area (Å²) in [6.07, 6.45) is 7.91. The van der Waals surface area contributed by atoms with Crippen LogP contribution in [0, 0.1) is 5.92 Å². The summed E-state index contributed by atoms with van der Waals surface area (Å²) in [5, 5.41) is 3.48. The summed E-state index contributed by atoms with van der Waals surface area (Å²) in [5.41, 5.74) is 2.81. The first-order valence-corrected chi connectivity index (χ1v) is 8.68. The Kier molecular flexibility index (Phi) is 7.25. The number of rotatable bonds is 8. The van der Waals surface area contributed by atoms with E-state index >= 15 is 0 Å². The molecule has 1 fully saturated rings. The van der Waals surface area contributed by atoms with E-state index in [4.69, 9.17) is 4.74 Å². The van der Waals surface area contributed by atoms with Gasteiger partial charge in [0.05, 0.1) is 12.7 Å². The molecule has 1 aliphatic carbocycles. The van der Waals surface area contributed by atoms with Crippen molar-refractivity contribution in [1.82, 2.24) is 5.32 Å². The van der Waals surface area contributed by atoms with Gasteiger partial charge in [-0.25, -0.2) is 0 Å². The Morgan fingerprint density at radius 2 is 1.76 bits per heavy atom. The van der Waals surface area contributed by atoms with Gasteiger partial charge < -0.3 is 10.1 Å². The molecule has 1 aromatic carbocycles. The lowest BCUT2D eigenvalue weighted by atomic mass is 9.89. The van der Waals surface area contributed by atoms with Crippen LogP contribution < -0.4 is 5.32 Å². The minimum Gasteiger partial charge on any atom is -0.374 e. The zero-order chi connectivity index (χ0) is 14.9. The summed E-state index contributed by atoms with van der Waals surface area (Å²) in [5.74, 6) is 0.891. The highest BCUT2D eigenvalue weighted by atomic mass is 16.5. The highest BCUT2D eigenvalue weighted by Crippen LogP contribution is 2.26. The van der Waals surface area contributed by atoms with Gasteiger partial charge in [0, 0.05) is 0 Å². The number of benzene rings is 1. The summed E-state index contributed by atoms with van der Waals surface area (Å²) in [7, 11) is 0. The molecule has 2 rings (SSSR count). The third kappa shape index (κ3) is 5.80. The van der Waals surface area contributed by atoms with E-state index in [0.29, 0.717) is 6.10 Å². The molecule has 0 unspecified atom stereocenters. The lowest BCUT2D eigenvalue weighted by Gasteiger charge is -2.26. The standard InChI is InChI=1S/C19H31NO/c1-3-13-20-14-12-17-6-4-5-7-18(17)15-21-19-10-8-16(2)9-11-19/h4-7,16,19-20H,3,8-15H2,1-2H3. The van der Waals surface area contributed by atoms with Crippen molar-refractivity contribution in [2.45, 2.75) is 65.1 Å². The van der Waals surface area contributed by atoms with E-state index in [0.717, 1.165) is 32.0 Å². The van der Waals surface area contributed by atoms with Gasteiger partial charge in [0.25, 0.3) is 0 Å². The van der Waals surface area contributed by atoms with Crippen molar-refractivity contribution in [1.29, 1.82) is 0 Å². The van der Waals surface area contributed by atoms with Crippen LogP contribution in [-0.2, 0) is 17.8 Å². The third-order valence-electron chi connectivity index (χ3n) is 4.55. The number of hydrogen-bond donors (Lipinski definition) is 1. The molecular weight excluding hydrogens is 258 g/mol. The van der Waals surface area contributed by atoms with Gasteiger partial charge in [0.2, 0.25) is 0 Å². The maximum Gasteiger partial charge on any atom is 0.0723 e. The summed E-state index contributed by atoms with van der Waals surface area (Å²) in [4.78, 5) is 0. The first-order valence-electron chi connectivity index (χ1n) is 8.68. The quantitative estimate of drug-likeness (QED) is 0.719. The van der Waals surface area contributed by atoms with Crippen LogP contribution in [0.3, 0.4) is 0 Å². The molecule has 21 heavy (non-hydrogen) atoms. The van der Waals surface area contributed by atoms with Crippen molar-refractivity contribution >= 4 is 0 Å². The Bertz CT molecular complexity index is 396. The van der Waals surface area contributed by atoms with Gasteiger partial charge in [-0.3, -0.25) is 0 Å². The predicted octanol–water partition coefficient (Wildman–Crippen LogP) is 4.32. The zero-order valence-electron chi connectivity index (χ0n) is 13.7. The molecule has 2 heteroatoms. The highest BCUT2D eigenvalue weighted by molar-refractivity contribution is 5.26. The Morgan fingerprint density at radius 3 is 2.48 bits per heavy atom. The first-order chi connectivity index (χ1) is 10.3. The van der Waals surface area contributed by atoms with E-state index in [-0.39, 0.29) is 0 Å². The topological polar surface area (TPSA) is 21.3 Å². The normalized spacial score (nSPS) is 22.4. The Morgan fingerprint density at radius 1 is 1.05 bits per heavy atom. The molecule has 0 heterocycles. The maximum absolute atomic E-state index is 6.17. The molecule has 0 aromatic heterocycles. The molecule has 0 spiro atoms. The average Bonchev–Trinajstić information content (AvgIpc) is 2.52. The number of ether oxygens (including phenoxy) is 1. The van der Waals surface area contributed by atoms with Crippen molar-refractivity contribution in [2.75, 3.05) is 13.1 Å². The smallest absolute Gasteiger partial charge is 0.0723 e. The van der Waals surface area contributed by atoms with Gasteiger partial charge in [0.15, 0.2) is 0 Å². The monoisotopic (exact) mass is 289 g/mol. The fourth-order valence-electron chi connectivity index (χ4n) is 3.07. The van der Waals surface area contributed by atoms with Crippen LogP contribution in [0.2, 0.25) is 0 Å². The molecule has 0 bridgehead atoms. The molecule has 1 aromatic rings. The lowest BCUT2D eigenvalue weighted by Crippen LogP contribution is -2.21. The SMILES string of the molecule is CCCNCCc1ccccc1COC1CCC(C)CC1. The Labute approximate surface area is 130 Å². The molecule has 0 saturated heterocycles. The fraction of sp³-hybridized carbons (Fsp3) is 0.684. The van der Waals surface area contributed by atoms with Gasteiger partial charge in [-0.1, -0.05) is 38.1 Å². The molecule has 1 aliphatic rings. The van der Waals surface area contributed by atoms with Crippen LogP contribution in [0.5, 0.6) is 0 Å². The number of nitrogens with one attached hydrogen (secondary N) is 1. The minimum atomic E-state index is 0.479. The molecule has 1 N–H and O–H groups in total. The maximum atomic E-state index is 6.17. The van der Waals surface area contributed by atoms with Crippen LogP contribution in [0.1, 0.15) is 57.1 Å². The largest absolute Gasteiger partial charge is 0.374 e. The molecule has 118 valence electrons. The molecule has 0 amide bonds. The van der Waals surface area contributed by atoms with Crippen molar-refractivity contribution < 1.29 is 4.74 Å². The third-order valence-corrected chi connectivity index (χ3v) is 4.55. The van der Waals surface area contributed by atoms with Crippen molar-refractivity contribution in [3.05, 3.63) is 35.4 Å². The van der Waals surface area contributed by atoms with E-state index < -0.39 is 0 Å². The molecule has 0 radical (unpaired) electrons. The fourth-order valence-corrected chi connectivity index (χ4v) is 3.07. The second-order valence-electron chi connectivity index (χ2n) is 6.46. The Balaban J connectivity index is 1.79. The van der Waals surface area contributed by atoms with E-state index in [1.807, 2.05) is 0 Å². The van der Waals surface area contributed by atoms with E-state index in [1.54, 1.807) is 0 Å². The van der Waals surface area contributed by atoms with E-state index in [2.05, 4.69) is 43.4 Å². The lowest BCUT2D eigenvalue weighted by molar-refractivity contribution is 0.00848. The van der Waals surface area contributed by atoms with E-state index in [1.165, 1.54) is 43.2 Å². The van der Waals surface area contributed by atoms with Crippen molar-refractivity contribution in [3.8, 4) is 0 Å². The van der Waals surface area contributed by atoms with Gasteiger partial charge >= 0.3 is 0 Å². The Hall–Kier alpha value is -0.860. The minimum absolute atomic E-state index is 0.479. The summed E-state index contributed by atoms with van der Waals surface area (Å²) >= 11 is 0. The van der Waals surface area contributed by atoms with Crippen LogP contribution in [0.4, 0.5) is 0 Å². The first kappa shape index (κ1) is 16.5. The van der Waals surface area contributed by atoms with Crippen molar-refractivity contribution in [3.63, 3.8) is 0 Å². The second kappa shape index (κ2) is 9.22. The summed E-state index contributed by atoms with van der Waals surface area (Å²) in [6, 6.07) is 8.74. The molecular formula is C19H31NO. The van der Waals surface area contributed by atoms with E-state index in [9.17, 15) is 0 Å². The van der Waals surface area contributed by atoms with Gasteiger partial charge in [-0.05, 0) is 68.7 Å². The average molecular weight is 289 g/mol. The second-order valence-corrected chi connectivity index (χ2v) is 6.46. The van der Waals surface area contributed by atoms with Crippen molar-refractivity contribution in [2.24, 2.45) is 5.92 Å².